The fraction of sp³-hybridized carbons (Fsp3) is 0.478. The molecule has 7 heteroatoms. The van der Waals surface area contributed by atoms with E-state index in [-0.39, 0.29) is 30.2 Å². The van der Waals surface area contributed by atoms with Crippen LogP contribution in [0.15, 0.2) is 42.9 Å². The van der Waals surface area contributed by atoms with Crippen molar-refractivity contribution in [1.82, 2.24) is 14.9 Å². The molecule has 0 N–H and O–H groups in total. The number of anilines is 1. The molecule has 2 atom stereocenters. The zero-order valence-corrected chi connectivity index (χ0v) is 16.9. The van der Waals surface area contributed by atoms with Gasteiger partial charge in [0.1, 0.15) is 18.5 Å². The molecular formula is C23H25N5O2. The number of piperazine rings is 1. The zero-order chi connectivity index (χ0) is 20.6. The summed E-state index contributed by atoms with van der Waals surface area (Å²) in [4.78, 5) is 26.0. The number of ether oxygens (including phenoxy) is 1. The molecule has 7 nitrogen and oxygen atoms in total. The molecule has 2 aromatic heterocycles. The van der Waals surface area contributed by atoms with Crippen molar-refractivity contribution in [3.05, 3.63) is 54.0 Å². The molecule has 2 bridgehead atoms. The Bertz CT molecular complexity index is 938. The molecular weight excluding hydrogens is 378 g/mol. The van der Waals surface area contributed by atoms with Gasteiger partial charge in [-0.15, -0.1) is 0 Å². The van der Waals surface area contributed by atoms with Crippen molar-refractivity contribution in [2.45, 2.75) is 49.8 Å². The molecule has 0 aromatic carbocycles. The molecule has 5 rings (SSSR count). The van der Waals surface area contributed by atoms with Crippen LogP contribution in [0.5, 0.6) is 0 Å². The summed E-state index contributed by atoms with van der Waals surface area (Å²) in [6.07, 6.45) is 10.3. The Morgan fingerprint density at radius 2 is 2.00 bits per heavy atom. The first-order valence-electron chi connectivity index (χ1n) is 10.7. The predicted molar refractivity (Wildman–Crippen MR) is 111 cm³/mol. The Labute approximate surface area is 176 Å². The average Bonchev–Trinajstić information content (AvgIpc) is 3.02. The lowest BCUT2D eigenvalue weighted by Crippen LogP contribution is -2.56. The van der Waals surface area contributed by atoms with Crippen LogP contribution in [0.2, 0.25) is 0 Å². The lowest BCUT2D eigenvalue weighted by Gasteiger charge is -2.44. The topological polar surface area (TPSA) is 82.4 Å². The fourth-order valence-electron chi connectivity index (χ4n) is 5.02. The molecule has 1 amide bonds. The zero-order valence-electron chi connectivity index (χ0n) is 16.9. The summed E-state index contributed by atoms with van der Waals surface area (Å²) < 4.78 is 6.21. The van der Waals surface area contributed by atoms with E-state index in [1.54, 1.807) is 12.4 Å². The van der Waals surface area contributed by atoms with Crippen molar-refractivity contribution in [2.24, 2.45) is 0 Å². The van der Waals surface area contributed by atoms with Crippen molar-refractivity contribution < 1.29 is 9.53 Å². The van der Waals surface area contributed by atoms with E-state index in [0.29, 0.717) is 18.7 Å². The second-order valence-corrected chi connectivity index (χ2v) is 8.49. The number of aromatic nitrogens is 2. The smallest absolute Gasteiger partial charge is 0.248 e. The molecule has 0 radical (unpaired) electrons. The van der Waals surface area contributed by atoms with E-state index in [1.807, 2.05) is 35.4 Å². The standard InChI is InChI=1S/C23H25N5O2/c24-11-17-4-7-21(26-12-17)28-19-5-6-20(28)15-27(14-19)22(29)16-30-23(8-2-9-23)18-3-1-10-25-13-18/h1,3-4,7,10,12-13,19-20H,2,5-6,8-9,14-16H2. The van der Waals surface area contributed by atoms with Crippen LogP contribution < -0.4 is 4.90 Å². The van der Waals surface area contributed by atoms with Crippen molar-refractivity contribution in [3.63, 3.8) is 0 Å². The van der Waals surface area contributed by atoms with Crippen LogP contribution in [0.1, 0.15) is 43.2 Å². The van der Waals surface area contributed by atoms with Gasteiger partial charge < -0.3 is 14.5 Å². The summed E-state index contributed by atoms with van der Waals surface area (Å²) in [6.45, 7) is 1.50. The Kier molecular flexibility index (Phi) is 4.87. The third-order valence-corrected chi connectivity index (χ3v) is 6.80. The third kappa shape index (κ3) is 3.31. The Balaban J connectivity index is 1.23. The lowest BCUT2D eigenvalue weighted by molar-refractivity contribution is -0.154. The number of fused-ring (bicyclic) bond motifs is 2. The number of likely N-dealkylation sites (tertiary alicyclic amines) is 1. The first-order valence-corrected chi connectivity index (χ1v) is 10.7. The fourth-order valence-corrected chi connectivity index (χ4v) is 5.02. The number of hydrogen-bond acceptors (Lipinski definition) is 6. The largest absolute Gasteiger partial charge is 0.360 e. The lowest BCUT2D eigenvalue weighted by atomic mass is 9.75. The number of carbonyl (C=O) groups is 1. The number of nitriles is 1. The summed E-state index contributed by atoms with van der Waals surface area (Å²) in [5, 5.41) is 8.99. The maximum Gasteiger partial charge on any atom is 0.248 e. The van der Waals surface area contributed by atoms with Gasteiger partial charge in [0.25, 0.3) is 0 Å². The number of carbonyl (C=O) groups excluding carboxylic acids is 1. The van der Waals surface area contributed by atoms with E-state index in [2.05, 4.69) is 20.9 Å². The van der Waals surface area contributed by atoms with Gasteiger partial charge in [-0.05, 0) is 50.3 Å². The van der Waals surface area contributed by atoms with Gasteiger partial charge in [-0.25, -0.2) is 4.98 Å². The number of hydrogen-bond donors (Lipinski definition) is 0. The second-order valence-electron chi connectivity index (χ2n) is 8.49. The van der Waals surface area contributed by atoms with Crippen LogP contribution in [0.25, 0.3) is 0 Å². The van der Waals surface area contributed by atoms with Gasteiger partial charge in [0.05, 0.1) is 11.2 Å². The number of amides is 1. The van der Waals surface area contributed by atoms with Crippen LogP contribution in [-0.2, 0) is 15.1 Å². The molecule has 1 saturated carbocycles. The van der Waals surface area contributed by atoms with E-state index in [0.717, 1.165) is 43.5 Å². The van der Waals surface area contributed by atoms with E-state index < -0.39 is 0 Å². The first kappa shape index (κ1) is 19.0. The summed E-state index contributed by atoms with van der Waals surface area (Å²) in [7, 11) is 0. The van der Waals surface area contributed by atoms with Crippen molar-refractivity contribution in [1.29, 1.82) is 5.26 Å². The minimum atomic E-state index is -0.350. The highest BCUT2D eigenvalue weighted by Crippen LogP contribution is 2.44. The summed E-state index contributed by atoms with van der Waals surface area (Å²) >= 11 is 0. The molecule has 2 aromatic rings. The summed E-state index contributed by atoms with van der Waals surface area (Å²) in [6, 6.07) is 10.3. The molecule has 2 saturated heterocycles. The quantitative estimate of drug-likeness (QED) is 0.763. The predicted octanol–water partition coefficient (Wildman–Crippen LogP) is 2.62. The molecule has 0 spiro atoms. The summed E-state index contributed by atoms with van der Waals surface area (Å²) in [5.74, 6) is 0.962. The maximum absolute atomic E-state index is 13.0. The van der Waals surface area contributed by atoms with Gasteiger partial charge in [0.15, 0.2) is 0 Å². The van der Waals surface area contributed by atoms with E-state index in [9.17, 15) is 4.79 Å². The van der Waals surface area contributed by atoms with E-state index in [1.165, 1.54) is 0 Å². The number of nitrogens with zero attached hydrogens (tertiary/aromatic N) is 5. The monoisotopic (exact) mass is 403 g/mol. The molecule has 2 aliphatic heterocycles. The van der Waals surface area contributed by atoms with Gasteiger partial charge in [0.2, 0.25) is 5.91 Å². The third-order valence-electron chi connectivity index (χ3n) is 6.80. The Hall–Kier alpha value is -2.98. The maximum atomic E-state index is 13.0. The van der Waals surface area contributed by atoms with Gasteiger partial charge in [-0.1, -0.05) is 6.07 Å². The summed E-state index contributed by atoms with van der Waals surface area (Å²) in [5.41, 5.74) is 1.29. The van der Waals surface area contributed by atoms with Crippen molar-refractivity contribution >= 4 is 11.7 Å². The van der Waals surface area contributed by atoms with Crippen LogP contribution in [0.3, 0.4) is 0 Å². The van der Waals surface area contributed by atoms with Crippen LogP contribution >= 0.6 is 0 Å². The van der Waals surface area contributed by atoms with E-state index >= 15 is 0 Å². The Morgan fingerprint density at radius 3 is 2.57 bits per heavy atom. The molecule has 154 valence electrons. The molecule has 3 fully saturated rings. The Morgan fingerprint density at radius 1 is 1.20 bits per heavy atom. The van der Waals surface area contributed by atoms with E-state index in [4.69, 9.17) is 10.00 Å². The van der Waals surface area contributed by atoms with Crippen LogP contribution in [0.4, 0.5) is 5.82 Å². The molecule has 30 heavy (non-hydrogen) atoms. The molecule has 4 heterocycles. The van der Waals surface area contributed by atoms with Gasteiger partial charge >= 0.3 is 0 Å². The highest BCUT2D eigenvalue weighted by atomic mass is 16.5. The number of rotatable bonds is 5. The average molecular weight is 403 g/mol. The van der Waals surface area contributed by atoms with Crippen LogP contribution in [-0.4, -0.2) is 52.6 Å². The van der Waals surface area contributed by atoms with Crippen molar-refractivity contribution in [2.75, 3.05) is 24.6 Å². The normalized spacial score (nSPS) is 24.2. The minimum absolute atomic E-state index is 0.0644. The molecule has 2 unspecified atom stereocenters. The highest BCUT2D eigenvalue weighted by molar-refractivity contribution is 5.78. The van der Waals surface area contributed by atoms with Gasteiger partial charge in [-0.3, -0.25) is 9.78 Å². The second kappa shape index (κ2) is 7.69. The molecule has 3 aliphatic rings. The minimum Gasteiger partial charge on any atom is -0.360 e. The SMILES string of the molecule is N#Cc1ccc(N2C3CCC2CN(C(=O)COC2(c4cccnc4)CCC2)C3)nc1. The van der Waals surface area contributed by atoms with Gasteiger partial charge in [-0.2, -0.15) is 5.26 Å². The number of pyridine rings is 2. The van der Waals surface area contributed by atoms with Crippen LogP contribution in [0, 0.1) is 11.3 Å². The highest BCUT2D eigenvalue weighted by Gasteiger charge is 2.44. The first-order chi connectivity index (χ1) is 14.7. The molecule has 1 aliphatic carbocycles. The van der Waals surface area contributed by atoms with Gasteiger partial charge in [0, 0.05) is 49.3 Å². The van der Waals surface area contributed by atoms with Crippen molar-refractivity contribution in [3.8, 4) is 6.07 Å².